The number of aromatic nitrogens is 2. The van der Waals surface area contributed by atoms with Crippen molar-refractivity contribution >= 4 is 17.7 Å². The number of rotatable bonds is 5. The van der Waals surface area contributed by atoms with Crippen molar-refractivity contribution in [2.24, 2.45) is 5.73 Å². The summed E-state index contributed by atoms with van der Waals surface area (Å²) in [6.45, 7) is 0.130. The van der Waals surface area contributed by atoms with Gasteiger partial charge in [0.1, 0.15) is 0 Å². The number of imide groups is 1. The van der Waals surface area contributed by atoms with Crippen LogP contribution in [0.3, 0.4) is 0 Å². The number of hydrogen-bond donors (Lipinski definition) is 1. The number of primary amides is 1. The number of nitrogens with zero attached hydrogens (tertiary/aromatic N) is 3. The number of carbonyl (C=O) groups is 3. The van der Waals surface area contributed by atoms with Gasteiger partial charge in [0.05, 0.1) is 17.5 Å². The molecule has 2 aromatic rings. The molecule has 0 fully saturated rings. The van der Waals surface area contributed by atoms with Crippen molar-refractivity contribution in [1.29, 1.82) is 0 Å². The zero-order valence-corrected chi connectivity index (χ0v) is 11.5. The maximum Gasteiger partial charge on any atom is 0.261 e. The van der Waals surface area contributed by atoms with Crippen LogP contribution in [0.4, 0.5) is 0 Å². The van der Waals surface area contributed by atoms with Gasteiger partial charge < -0.3 is 10.3 Å². The van der Waals surface area contributed by atoms with Gasteiger partial charge in [0.15, 0.2) is 5.82 Å². The minimum Gasteiger partial charge on any atom is -0.369 e. The second kappa shape index (κ2) is 5.40. The molecule has 112 valence electrons. The first-order valence-corrected chi connectivity index (χ1v) is 6.61. The SMILES string of the molecule is NC(=O)Cc1noc(CCN2C(=O)c3ccccc3C2=O)n1. The largest absolute Gasteiger partial charge is 0.369 e. The van der Waals surface area contributed by atoms with Crippen LogP contribution in [0.2, 0.25) is 0 Å². The first-order chi connectivity index (χ1) is 10.6. The Bertz CT molecular complexity index is 733. The summed E-state index contributed by atoms with van der Waals surface area (Å²) in [4.78, 5) is 40.2. The molecule has 1 aromatic heterocycles. The highest BCUT2D eigenvalue weighted by Gasteiger charge is 2.34. The molecule has 0 atom stereocenters. The van der Waals surface area contributed by atoms with E-state index in [1.54, 1.807) is 24.3 Å². The van der Waals surface area contributed by atoms with Crippen LogP contribution in [-0.4, -0.2) is 39.3 Å². The average Bonchev–Trinajstić information content (AvgIpc) is 3.02. The van der Waals surface area contributed by atoms with Crippen LogP contribution in [0.1, 0.15) is 32.4 Å². The predicted molar refractivity (Wildman–Crippen MR) is 72.7 cm³/mol. The third kappa shape index (κ3) is 2.46. The summed E-state index contributed by atoms with van der Waals surface area (Å²) in [5.41, 5.74) is 5.83. The van der Waals surface area contributed by atoms with Gasteiger partial charge in [-0.25, -0.2) is 0 Å². The lowest BCUT2D eigenvalue weighted by atomic mass is 10.1. The molecule has 1 aliphatic heterocycles. The fraction of sp³-hybridized carbons (Fsp3) is 0.214. The van der Waals surface area contributed by atoms with Crippen LogP contribution in [0.15, 0.2) is 28.8 Å². The fourth-order valence-electron chi connectivity index (χ4n) is 2.27. The van der Waals surface area contributed by atoms with Crippen LogP contribution in [0, 0.1) is 0 Å². The Balaban J connectivity index is 1.68. The van der Waals surface area contributed by atoms with E-state index in [1.807, 2.05) is 0 Å². The van der Waals surface area contributed by atoms with Crippen molar-refractivity contribution in [2.45, 2.75) is 12.8 Å². The first-order valence-electron chi connectivity index (χ1n) is 6.61. The maximum atomic E-state index is 12.2. The van der Waals surface area contributed by atoms with Gasteiger partial charge in [-0.2, -0.15) is 4.98 Å². The summed E-state index contributed by atoms with van der Waals surface area (Å²) in [7, 11) is 0. The molecule has 8 nitrogen and oxygen atoms in total. The highest BCUT2D eigenvalue weighted by molar-refractivity contribution is 6.21. The molecule has 2 N–H and O–H groups in total. The van der Waals surface area contributed by atoms with Crippen molar-refractivity contribution in [1.82, 2.24) is 15.0 Å². The maximum absolute atomic E-state index is 12.2. The monoisotopic (exact) mass is 300 g/mol. The number of fused-ring (bicyclic) bond motifs is 1. The number of amides is 3. The van der Waals surface area contributed by atoms with Crippen LogP contribution in [0.25, 0.3) is 0 Å². The standard InChI is InChI=1S/C14H12N4O4/c15-10(19)7-11-16-12(22-17-11)5-6-18-13(20)8-3-1-2-4-9(8)14(18)21/h1-4H,5-7H2,(H2,15,19). The molecule has 0 aliphatic carbocycles. The van der Waals surface area contributed by atoms with E-state index < -0.39 is 5.91 Å². The zero-order chi connectivity index (χ0) is 15.7. The summed E-state index contributed by atoms with van der Waals surface area (Å²) < 4.78 is 4.95. The number of carbonyl (C=O) groups excluding carboxylic acids is 3. The van der Waals surface area contributed by atoms with Crippen LogP contribution in [-0.2, 0) is 17.6 Å². The topological polar surface area (TPSA) is 119 Å². The third-order valence-electron chi connectivity index (χ3n) is 3.27. The van der Waals surface area contributed by atoms with E-state index in [4.69, 9.17) is 10.3 Å². The van der Waals surface area contributed by atoms with Gasteiger partial charge in [-0.15, -0.1) is 0 Å². The van der Waals surface area contributed by atoms with Gasteiger partial charge >= 0.3 is 0 Å². The highest BCUT2D eigenvalue weighted by atomic mass is 16.5. The van der Waals surface area contributed by atoms with Gasteiger partial charge in [-0.1, -0.05) is 17.3 Å². The molecule has 0 radical (unpaired) electrons. The molecule has 1 aliphatic rings. The van der Waals surface area contributed by atoms with Crippen LogP contribution in [0.5, 0.6) is 0 Å². The first kappa shape index (κ1) is 13.9. The van der Waals surface area contributed by atoms with E-state index >= 15 is 0 Å². The molecule has 0 unspecified atom stereocenters. The quantitative estimate of drug-likeness (QED) is 0.772. The van der Waals surface area contributed by atoms with Gasteiger partial charge in [0.2, 0.25) is 11.8 Å². The summed E-state index contributed by atoms with van der Waals surface area (Å²) in [5, 5.41) is 3.60. The number of nitrogens with two attached hydrogens (primary N) is 1. The van der Waals surface area contributed by atoms with Crippen molar-refractivity contribution < 1.29 is 18.9 Å². The van der Waals surface area contributed by atoms with E-state index in [9.17, 15) is 14.4 Å². The minimum absolute atomic E-state index is 0.115. The zero-order valence-electron chi connectivity index (χ0n) is 11.5. The second-order valence-corrected chi connectivity index (χ2v) is 4.80. The Morgan fingerprint density at radius 1 is 1.18 bits per heavy atom. The van der Waals surface area contributed by atoms with Crippen molar-refractivity contribution in [2.75, 3.05) is 6.54 Å². The molecule has 3 amide bonds. The second-order valence-electron chi connectivity index (χ2n) is 4.80. The minimum atomic E-state index is -0.562. The molecule has 2 heterocycles. The van der Waals surface area contributed by atoms with E-state index in [0.29, 0.717) is 11.1 Å². The van der Waals surface area contributed by atoms with E-state index in [2.05, 4.69) is 10.1 Å². The summed E-state index contributed by atoms with van der Waals surface area (Å²) in [6, 6.07) is 6.66. The van der Waals surface area contributed by atoms with Crippen molar-refractivity contribution in [3.8, 4) is 0 Å². The lowest BCUT2D eigenvalue weighted by Gasteiger charge is -2.11. The molecular weight excluding hydrogens is 288 g/mol. The average molecular weight is 300 g/mol. The van der Waals surface area contributed by atoms with Crippen molar-refractivity contribution in [3.05, 3.63) is 47.1 Å². The fourth-order valence-corrected chi connectivity index (χ4v) is 2.27. The lowest BCUT2D eigenvalue weighted by molar-refractivity contribution is -0.117. The molecule has 8 heteroatoms. The number of benzene rings is 1. The number of hydrogen-bond acceptors (Lipinski definition) is 6. The Labute approximate surface area is 124 Å². The van der Waals surface area contributed by atoms with Gasteiger partial charge in [-0.3, -0.25) is 19.3 Å². The van der Waals surface area contributed by atoms with E-state index in [-0.39, 0.29) is 42.9 Å². The predicted octanol–water partition coefficient (Wildman–Crippen LogP) is -0.0639. The molecule has 1 aromatic carbocycles. The smallest absolute Gasteiger partial charge is 0.261 e. The molecule has 3 rings (SSSR count). The van der Waals surface area contributed by atoms with Gasteiger partial charge in [-0.05, 0) is 12.1 Å². The van der Waals surface area contributed by atoms with Crippen LogP contribution >= 0.6 is 0 Å². The molecule has 0 saturated heterocycles. The summed E-state index contributed by atoms with van der Waals surface area (Å²) >= 11 is 0. The molecule has 0 saturated carbocycles. The Morgan fingerprint density at radius 3 is 2.41 bits per heavy atom. The molecule has 0 spiro atoms. The van der Waals surface area contributed by atoms with Gasteiger partial charge in [0.25, 0.3) is 11.8 Å². The molecule has 0 bridgehead atoms. The Hall–Kier alpha value is -3.03. The van der Waals surface area contributed by atoms with Crippen molar-refractivity contribution in [3.63, 3.8) is 0 Å². The Kier molecular flexibility index (Phi) is 3.42. The lowest BCUT2D eigenvalue weighted by Crippen LogP contribution is -2.31. The summed E-state index contributed by atoms with van der Waals surface area (Å²) in [5.74, 6) is -0.805. The summed E-state index contributed by atoms with van der Waals surface area (Å²) in [6.07, 6.45) is 0.105. The van der Waals surface area contributed by atoms with Gasteiger partial charge in [0, 0.05) is 13.0 Å². The van der Waals surface area contributed by atoms with Crippen LogP contribution < -0.4 is 5.73 Å². The molecular formula is C14H12N4O4. The van der Waals surface area contributed by atoms with E-state index in [1.165, 1.54) is 0 Å². The van der Waals surface area contributed by atoms with E-state index in [0.717, 1.165) is 4.90 Å². The third-order valence-corrected chi connectivity index (χ3v) is 3.27. The molecule has 22 heavy (non-hydrogen) atoms. The Morgan fingerprint density at radius 2 is 1.82 bits per heavy atom. The highest BCUT2D eigenvalue weighted by Crippen LogP contribution is 2.22. The normalized spacial score (nSPS) is 13.5.